The van der Waals surface area contributed by atoms with Crippen LogP contribution < -0.4 is 15.5 Å². The zero-order chi connectivity index (χ0) is 21.3. The highest BCUT2D eigenvalue weighted by molar-refractivity contribution is 5.94. The van der Waals surface area contributed by atoms with Gasteiger partial charge in [0, 0.05) is 32.8 Å². The highest BCUT2D eigenvalue weighted by atomic mass is 16.2. The molecule has 2 aromatic rings. The molecular weight excluding hydrogens is 376 g/mol. The van der Waals surface area contributed by atoms with Crippen LogP contribution in [0.3, 0.4) is 0 Å². The highest BCUT2D eigenvalue weighted by Crippen LogP contribution is 2.35. The molecule has 1 fully saturated rings. The summed E-state index contributed by atoms with van der Waals surface area (Å²) in [5.41, 5.74) is 2.25. The van der Waals surface area contributed by atoms with Gasteiger partial charge in [0.05, 0.1) is 0 Å². The van der Waals surface area contributed by atoms with E-state index in [0.29, 0.717) is 24.8 Å². The molecule has 0 radical (unpaired) electrons. The second-order valence-corrected chi connectivity index (χ2v) is 8.27. The molecule has 1 aromatic heterocycles. The number of nitrogens with one attached hydrogen (secondary N) is 2. The van der Waals surface area contributed by atoms with Gasteiger partial charge >= 0.3 is 6.03 Å². The van der Waals surface area contributed by atoms with Crippen molar-refractivity contribution in [2.45, 2.75) is 44.4 Å². The van der Waals surface area contributed by atoms with Crippen molar-refractivity contribution in [2.24, 2.45) is 5.92 Å². The van der Waals surface area contributed by atoms with Crippen LogP contribution in [-0.4, -0.2) is 37.6 Å². The standard InChI is InChI=1S/C24H32N4O2/c1-28(2)22-10-6-9-21(26-22)15-16-23(29)27-24(30)25-17-18-11-13-20(14-12-18)19-7-4-3-5-8-19/h3-10,18,20H,11-17H2,1-2H3,(H2,25,27,29,30). The maximum atomic E-state index is 12.1. The maximum Gasteiger partial charge on any atom is 0.321 e. The number of benzene rings is 1. The van der Waals surface area contributed by atoms with E-state index < -0.39 is 6.03 Å². The second kappa shape index (κ2) is 10.8. The van der Waals surface area contributed by atoms with Gasteiger partial charge in [0.25, 0.3) is 0 Å². The summed E-state index contributed by atoms with van der Waals surface area (Å²) in [6, 6.07) is 16.0. The summed E-state index contributed by atoms with van der Waals surface area (Å²) in [4.78, 5) is 30.6. The van der Waals surface area contributed by atoms with Gasteiger partial charge in [0.1, 0.15) is 5.82 Å². The molecule has 0 spiro atoms. The van der Waals surface area contributed by atoms with Gasteiger partial charge in [-0.15, -0.1) is 0 Å². The number of nitrogens with zero attached hydrogens (tertiary/aromatic N) is 2. The Morgan fingerprint density at radius 1 is 1.00 bits per heavy atom. The van der Waals surface area contributed by atoms with Crippen LogP contribution in [0.1, 0.15) is 49.3 Å². The number of carbonyl (C=O) groups excluding carboxylic acids is 2. The number of rotatable bonds is 7. The number of hydrogen-bond donors (Lipinski definition) is 2. The minimum atomic E-state index is -0.403. The van der Waals surface area contributed by atoms with Gasteiger partial charge in [0.2, 0.25) is 5.91 Å². The fraction of sp³-hybridized carbons (Fsp3) is 0.458. The molecule has 3 rings (SSSR count). The van der Waals surface area contributed by atoms with E-state index in [1.165, 1.54) is 5.56 Å². The Bertz CT molecular complexity index is 830. The topological polar surface area (TPSA) is 74.3 Å². The molecule has 0 aliphatic heterocycles. The van der Waals surface area contributed by atoms with Crippen LogP contribution in [0, 0.1) is 5.92 Å². The first-order valence-electron chi connectivity index (χ1n) is 10.8. The summed E-state index contributed by atoms with van der Waals surface area (Å²) in [6.45, 7) is 0.618. The van der Waals surface area contributed by atoms with E-state index >= 15 is 0 Å². The third-order valence-corrected chi connectivity index (χ3v) is 5.78. The molecule has 1 saturated carbocycles. The minimum absolute atomic E-state index is 0.236. The van der Waals surface area contributed by atoms with Crippen molar-refractivity contribution in [3.63, 3.8) is 0 Å². The SMILES string of the molecule is CN(C)c1cccc(CCC(=O)NC(=O)NCC2CCC(c3ccccc3)CC2)n1. The monoisotopic (exact) mass is 408 g/mol. The Balaban J connectivity index is 1.34. The lowest BCUT2D eigenvalue weighted by molar-refractivity contribution is -0.120. The third kappa shape index (κ3) is 6.58. The van der Waals surface area contributed by atoms with Crippen LogP contribution in [0.2, 0.25) is 0 Å². The van der Waals surface area contributed by atoms with E-state index in [4.69, 9.17) is 0 Å². The fourth-order valence-electron chi connectivity index (χ4n) is 3.99. The average molecular weight is 409 g/mol. The summed E-state index contributed by atoms with van der Waals surface area (Å²) in [5.74, 6) is 1.67. The van der Waals surface area contributed by atoms with Crippen molar-refractivity contribution in [3.8, 4) is 0 Å². The van der Waals surface area contributed by atoms with E-state index in [9.17, 15) is 9.59 Å². The molecular formula is C24H32N4O2. The Kier molecular flexibility index (Phi) is 7.82. The van der Waals surface area contributed by atoms with Crippen LogP contribution in [0.25, 0.3) is 0 Å². The Hall–Kier alpha value is -2.89. The molecule has 0 atom stereocenters. The lowest BCUT2D eigenvalue weighted by Crippen LogP contribution is -2.41. The number of hydrogen-bond acceptors (Lipinski definition) is 4. The first-order chi connectivity index (χ1) is 14.5. The van der Waals surface area contributed by atoms with E-state index in [0.717, 1.165) is 37.2 Å². The molecule has 1 aliphatic carbocycles. The number of anilines is 1. The van der Waals surface area contributed by atoms with E-state index in [2.05, 4.69) is 45.9 Å². The largest absolute Gasteiger partial charge is 0.363 e. The van der Waals surface area contributed by atoms with Gasteiger partial charge in [-0.3, -0.25) is 10.1 Å². The number of carbonyl (C=O) groups is 2. The first kappa shape index (κ1) is 21.8. The lowest BCUT2D eigenvalue weighted by Gasteiger charge is -2.28. The Morgan fingerprint density at radius 3 is 2.43 bits per heavy atom. The molecule has 0 bridgehead atoms. The van der Waals surface area contributed by atoms with E-state index in [1.54, 1.807) is 0 Å². The molecule has 6 nitrogen and oxygen atoms in total. The third-order valence-electron chi connectivity index (χ3n) is 5.78. The first-order valence-corrected chi connectivity index (χ1v) is 10.8. The molecule has 160 valence electrons. The predicted molar refractivity (Wildman–Crippen MR) is 120 cm³/mol. The van der Waals surface area contributed by atoms with Crippen molar-refractivity contribution in [1.29, 1.82) is 0 Å². The van der Waals surface area contributed by atoms with Gasteiger partial charge in [-0.25, -0.2) is 9.78 Å². The summed E-state index contributed by atoms with van der Waals surface area (Å²) in [6.07, 6.45) is 5.24. The maximum absolute atomic E-state index is 12.1. The molecule has 2 N–H and O–H groups in total. The molecule has 0 saturated heterocycles. The van der Waals surface area contributed by atoms with Crippen molar-refractivity contribution in [3.05, 3.63) is 59.8 Å². The van der Waals surface area contributed by atoms with E-state index in [1.807, 2.05) is 37.2 Å². The van der Waals surface area contributed by atoms with Crippen molar-refractivity contribution in [2.75, 3.05) is 25.5 Å². The van der Waals surface area contributed by atoms with Crippen LogP contribution >= 0.6 is 0 Å². The van der Waals surface area contributed by atoms with Crippen LogP contribution in [-0.2, 0) is 11.2 Å². The number of aromatic nitrogens is 1. The molecule has 1 aromatic carbocycles. The molecule has 0 unspecified atom stereocenters. The fourth-order valence-corrected chi connectivity index (χ4v) is 3.99. The quantitative estimate of drug-likeness (QED) is 0.729. The average Bonchev–Trinajstić information content (AvgIpc) is 2.77. The van der Waals surface area contributed by atoms with Crippen LogP contribution in [0.15, 0.2) is 48.5 Å². The smallest absolute Gasteiger partial charge is 0.321 e. The molecule has 1 heterocycles. The Labute approximate surface area is 179 Å². The van der Waals surface area contributed by atoms with Gasteiger partial charge < -0.3 is 10.2 Å². The second-order valence-electron chi connectivity index (χ2n) is 8.27. The van der Waals surface area contributed by atoms with Gasteiger partial charge in [0.15, 0.2) is 0 Å². The number of aryl methyl sites for hydroxylation is 1. The molecule has 1 aliphatic rings. The summed E-state index contributed by atoms with van der Waals surface area (Å²) in [5, 5.41) is 5.30. The van der Waals surface area contributed by atoms with Crippen molar-refractivity contribution in [1.82, 2.24) is 15.6 Å². The van der Waals surface area contributed by atoms with Gasteiger partial charge in [-0.1, -0.05) is 36.4 Å². The number of amides is 3. The summed E-state index contributed by atoms with van der Waals surface area (Å²) in [7, 11) is 3.86. The van der Waals surface area contributed by atoms with Crippen molar-refractivity contribution < 1.29 is 9.59 Å². The van der Waals surface area contributed by atoms with Crippen LogP contribution in [0.5, 0.6) is 0 Å². The zero-order valence-electron chi connectivity index (χ0n) is 17.9. The lowest BCUT2D eigenvalue weighted by atomic mass is 9.79. The number of pyridine rings is 1. The molecule has 30 heavy (non-hydrogen) atoms. The minimum Gasteiger partial charge on any atom is -0.363 e. The van der Waals surface area contributed by atoms with Gasteiger partial charge in [-0.05, 0) is 61.6 Å². The summed E-state index contributed by atoms with van der Waals surface area (Å²) < 4.78 is 0. The number of imide groups is 1. The zero-order valence-corrected chi connectivity index (χ0v) is 17.9. The molecule has 3 amide bonds. The van der Waals surface area contributed by atoms with Gasteiger partial charge in [-0.2, -0.15) is 0 Å². The van der Waals surface area contributed by atoms with Crippen LogP contribution in [0.4, 0.5) is 10.6 Å². The normalized spacial score (nSPS) is 18.5. The van der Waals surface area contributed by atoms with E-state index in [-0.39, 0.29) is 12.3 Å². The van der Waals surface area contributed by atoms with Crippen molar-refractivity contribution >= 4 is 17.8 Å². The number of urea groups is 1. The Morgan fingerprint density at radius 2 is 1.73 bits per heavy atom. The highest BCUT2D eigenvalue weighted by Gasteiger charge is 2.22. The summed E-state index contributed by atoms with van der Waals surface area (Å²) >= 11 is 0. The molecule has 6 heteroatoms. The predicted octanol–water partition coefficient (Wildman–Crippen LogP) is 3.88.